The highest BCUT2D eigenvalue weighted by Gasteiger charge is 2.49. The van der Waals surface area contributed by atoms with E-state index >= 15 is 0 Å². The van der Waals surface area contributed by atoms with Crippen LogP contribution in [0, 0.1) is 0 Å². The van der Waals surface area contributed by atoms with Crippen LogP contribution in [0.5, 0.6) is 0 Å². The van der Waals surface area contributed by atoms with E-state index < -0.39 is 17.9 Å². The molecule has 2 N–H and O–H groups in total. The number of amides is 1. The molecular formula is C19H15Cl2NO3. The lowest BCUT2D eigenvalue weighted by Gasteiger charge is -2.21. The largest absolute Gasteiger partial charge is 0.375 e. The Labute approximate surface area is 154 Å². The van der Waals surface area contributed by atoms with Gasteiger partial charge in [0.2, 0.25) is 0 Å². The zero-order valence-corrected chi connectivity index (χ0v) is 14.7. The molecule has 1 fully saturated rings. The Morgan fingerprint density at radius 2 is 1.76 bits per heavy atom. The number of benzene rings is 2. The minimum Gasteiger partial charge on any atom is -0.375 e. The second kappa shape index (κ2) is 5.84. The Balaban J connectivity index is 1.65. The minimum atomic E-state index is -2.02. The van der Waals surface area contributed by atoms with Crippen molar-refractivity contribution in [1.29, 1.82) is 0 Å². The average Bonchev–Trinajstić information content (AvgIpc) is 3.39. The van der Waals surface area contributed by atoms with Crippen LogP contribution < -0.4 is 5.32 Å². The lowest BCUT2D eigenvalue weighted by Crippen LogP contribution is -2.36. The van der Waals surface area contributed by atoms with Crippen molar-refractivity contribution in [1.82, 2.24) is 0 Å². The van der Waals surface area contributed by atoms with E-state index in [1.165, 1.54) is 30.5 Å². The number of aliphatic hydroxyl groups is 1. The molecule has 0 aromatic heterocycles. The number of ketones is 1. The number of carbonyl (C=O) groups excluding carboxylic acids is 2. The third kappa shape index (κ3) is 2.74. The van der Waals surface area contributed by atoms with Gasteiger partial charge in [-0.3, -0.25) is 9.59 Å². The summed E-state index contributed by atoms with van der Waals surface area (Å²) in [6, 6.07) is 10.4. The summed E-state index contributed by atoms with van der Waals surface area (Å²) in [4.78, 5) is 25.0. The van der Waals surface area contributed by atoms with E-state index in [2.05, 4.69) is 5.32 Å². The molecule has 0 unspecified atom stereocenters. The predicted molar refractivity (Wildman–Crippen MR) is 96.4 cm³/mol. The van der Waals surface area contributed by atoms with Gasteiger partial charge in [-0.25, -0.2) is 0 Å². The van der Waals surface area contributed by atoms with Gasteiger partial charge in [-0.2, -0.15) is 0 Å². The maximum atomic E-state index is 12.6. The first kappa shape index (κ1) is 16.6. The monoisotopic (exact) mass is 375 g/mol. The van der Waals surface area contributed by atoms with Crippen molar-refractivity contribution in [2.24, 2.45) is 0 Å². The van der Waals surface area contributed by atoms with Crippen LogP contribution in [0.3, 0.4) is 0 Å². The van der Waals surface area contributed by atoms with Crippen LogP contribution in [0.25, 0.3) is 0 Å². The molecule has 2 aromatic carbocycles. The summed E-state index contributed by atoms with van der Waals surface area (Å²) in [7, 11) is 0. The van der Waals surface area contributed by atoms with Gasteiger partial charge in [0.25, 0.3) is 5.91 Å². The molecule has 25 heavy (non-hydrogen) atoms. The Hall–Kier alpha value is -1.88. The molecule has 0 spiro atoms. The predicted octanol–water partition coefficient (Wildman–Crippen LogP) is 4.28. The molecule has 1 atom stereocenters. The highest BCUT2D eigenvalue weighted by Crippen LogP contribution is 2.46. The first-order valence-corrected chi connectivity index (χ1v) is 8.81. The summed E-state index contributed by atoms with van der Waals surface area (Å²) in [5.41, 5.74) is 0.0725. The molecule has 1 aliphatic carbocycles. The number of rotatable bonds is 4. The van der Waals surface area contributed by atoms with Gasteiger partial charge < -0.3 is 10.4 Å². The standard InChI is InChI=1S/C19H15Cl2NO3/c20-13-7-8-14(21)17-16(13)19(25,18(24)22-17)9-15(23)12-5-3-11(4-6-12)10-1-2-10/h3-8,10,25H,1-2,9H2,(H,22,24)/t19-/m1/s1. The number of halogens is 2. The van der Waals surface area contributed by atoms with Gasteiger partial charge in [-0.05, 0) is 36.5 Å². The van der Waals surface area contributed by atoms with E-state index in [0.29, 0.717) is 11.5 Å². The lowest BCUT2D eigenvalue weighted by atomic mass is 9.88. The van der Waals surface area contributed by atoms with Gasteiger partial charge in [0.15, 0.2) is 11.4 Å². The van der Waals surface area contributed by atoms with Crippen LogP contribution in [-0.4, -0.2) is 16.8 Å². The first-order valence-electron chi connectivity index (χ1n) is 8.05. The van der Waals surface area contributed by atoms with E-state index in [4.69, 9.17) is 23.2 Å². The maximum Gasteiger partial charge on any atom is 0.261 e. The molecule has 1 aliphatic heterocycles. The van der Waals surface area contributed by atoms with Crippen molar-refractivity contribution in [3.63, 3.8) is 0 Å². The summed E-state index contributed by atoms with van der Waals surface area (Å²) >= 11 is 12.2. The van der Waals surface area contributed by atoms with Crippen LogP contribution in [0.1, 0.15) is 46.7 Å². The van der Waals surface area contributed by atoms with Crippen LogP contribution in [-0.2, 0) is 10.4 Å². The van der Waals surface area contributed by atoms with Crippen LogP contribution >= 0.6 is 23.2 Å². The van der Waals surface area contributed by atoms with Crippen molar-refractivity contribution < 1.29 is 14.7 Å². The second-order valence-corrected chi connectivity index (χ2v) is 7.40. The van der Waals surface area contributed by atoms with Crippen LogP contribution in [0.2, 0.25) is 10.0 Å². The summed E-state index contributed by atoms with van der Waals surface area (Å²) in [5, 5.41) is 13.9. The number of hydrogen-bond donors (Lipinski definition) is 2. The van der Waals surface area contributed by atoms with Crippen molar-refractivity contribution in [2.45, 2.75) is 30.8 Å². The number of fused-ring (bicyclic) bond motifs is 1. The molecule has 4 rings (SSSR count). The summed E-state index contributed by atoms with van der Waals surface area (Å²) in [6.07, 6.45) is 1.97. The van der Waals surface area contributed by atoms with Crippen molar-refractivity contribution in [3.05, 3.63) is 63.1 Å². The third-order valence-corrected chi connectivity index (χ3v) is 5.46. The normalized spacial score (nSPS) is 21.8. The SMILES string of the molecule is O=C(C[C@]1(O)C(=O)Nc2c(Cl)ccc(Cl)c21)c1ccc(C2CC2)cc1. The van der Waals surface area contributed by atoms with Crippen molar-refractivity contribution >= 4 is 40.6 Å². The summed E-state index contributed by atoms with van der Waals surface area (Å²) in [6.45, 7) is 0. The molecule has 1 amide bonds. The number of Topliss-reactive ketones (excluding diaryl/α,β-unsaturated/α-hetero) is 1. The fourth-order valence-electron chi connectivity index (χ4n) is 3.27. The number of carbonyl (C=O) groups is 2. The fraction of sp³-hybridized carbons (Fsp3) is 0.263. The minimum absolute atomic E-state index is 0.162. The van der Waals surface area contributed by atoms with Crippen LogP contribution in [0.15, 0.2) is 36.4 Å². The molecule has 4 nitrogen and oxygen atoms in total. The summed E-state index contributed by atoms with van der Waals surface area (Å²) < 4.78 is 0. The lowest BCUT2D eigenvalue weighted by molar-refractivity contribution is -0.133. The fourth-order valence-corrected chi connectivity index (χ4v) is 3.79. The zero-order valence-electron chi connectivity index (χ0n) is 13.2. The van der Waals surface area contributed by atoms with Crippen molar-refractivity contribution in [2.75, 3.05) is 5.32 Å². The Bertz CT molecular complexity index is 890. The van der Waals surface area contributed by atoms with E-state index in [1.807, 2.05) is 12.1 Å². The van der Waals surface area contributed by atoms with Gasteiger partial charge in [-0.15, -0.1) is 0 Å². The average molecular weight is 376 g/mol. The van der Waals surface area contributed by atoms with E-state index in [9.17, 15) is 14.7 Å². The van der Waals surface area contributed by atoms with E-state index in [1.54, 1.807) is 12.1 Å². The zero-order chi connectivity index (χ0) is 17.8. The highest BCUT2D eigenvalue weighted by molar-refractivity contribution is 6.38. The topological polar surface area (TPSA) is 66.4 Å². The van der Waals surface area contributed by atoms with Gasteiger partial charge in [0, 0.05) is 16.1 Å². The third-order valence-electron chi connectivity index (χ3n) is 4.83. The van der Waals surface area contributed by atoms with Gasteiger partial charge in [0.1, 0.15) is 0 Å². The van der Waals surface area contributed by atoms with Gasteiger partial charge in [-0.1, -0.05) is 47.5 Å². The molecule has 6 heteroatoms. The molecular weight excluding hydrogens is 361 g/mol. The van der Waals surface area contributed by atoms with E-state index in [0.717, 1.165) is 0 Å². The van der Waals surface area contributed by atoms with Gasteiger partial charge >= 0.3 is 0 Å². The molecule has 128 valence electrons. The molecule has 0 bridgehead atoms. The molecule has 0 radical (unpaired) electrons. The number of nitrogens with one attached hydrogen (secondary N) is 1. The number of hydrogen-bond acceptors (Lipinski definition) is 3. The Kier molecular flexibility index (Phi) is 3.87. The maximum absolute atomic E-state index is 12.6. The Morgan fingerprint density at radius 3 is 2.40 bits per heavy atom. The van der Waals surface area contributed by atoms with Crippen LogP contribution in [0.4, 0.5) is 5.69 Å². The van der Waals surface area contributed by atoms with Crippen molar-refractivity contribution in [3.8, 4) is 0 Å². The molecule has 0 saturated heterocycles. The Morgan fingerprint density at radius 1 is 1.12 bits per heavy atom. The van der Waals surface area contributed by atoms with Gasteiger partial charge in [0.05, 0.1) is 17.1 Å². The molecule has 1 saturated carbocycles. The molecule has 2 aromatic rings. The smallest absolute Gasteiger partial charge is 0.261 e. The number of anilines is 1. The summed E-state index contributed by atoms with van der Waals surface area (Å²) in [5.74, 6) is -0.425. The van der Waals surface area contributed by atoms with E-state index in [-0.39, 0.29) is 27.1 Å². The molecule has 2 aliphatic rings. The first-order chi connectivity index (χ1) is 11.9. The molecule has 1 heterocycles. The second-order valence-electron chi connectivity index (χ2n) is 6.59. The highest BCUT2D eigenvalue weighted by atomic mass is 35.5. The quantitative estimate of drug-likeness (QED) is 0.783.